The summed E-state index contributed by atoms with van der Waals surface area (Å²) in [4.78, 5) is 14.1. The van der Waals surface area contributed by atoms with Crippen LogP contribution in [0.15, 0.2) is 18.3 Å². The van der Waals surface area contributed by atoms with Crippen LogP contribution in [-0.2, 0) is 0 Å². The number of carboxylic acid groups (broad SMARTS) is 1. The van der Waals surface area contributed by atoms with E-state index in [0.29, 0.717) is 5.02 Å². The predicted octanol–water partition coefficient (Wildman–Crippen LogP) is 1.42. The van der Waals surface area contributed by atoms with Gasteiger partial charge in [-0.1, -0.05) is 11.6 Å². The van der Waals surface area contributed by atoms with Crippen LogP contribution in [0.2, 0.25) is 5.02 Å². The van der Waals surface area contributed by atoms with Crippen molar-refractivity contribution in [2.24, 2.45) is 0 Å². The van der Waals surface area contributed by atoms with Crippen molar-refractivity contribution in [2.75, 3.05) is 0 Å². The van der Waals surface area contributed by atoms with Crippen LogP contribution in [0, 0.1) is 5.95 Å². The van der Waals surface area contributed by atoms with Gasteiger partial charge in [-0.3, -0.25) is 4.40 Å². The molecule has 0 aliphatic rings. The standard InChI is InChI=1S/C8H4ClFN2O2.ClH.H2O/c9-4-1-2-5-11-6(8(13)14)7(10)12(5)3-4;;/h1-3H,(H,13,14);1H;1H2. The summed E-state index contributed by atoms with van der Waals surface area (Å²) in [6, 6.07) is 2.95. The fourth-order valence-electron chi connectivity index (χ4n) is 1.13. The van der Waals surface area contributed by atoms with Crippen LogP contribution in [0.5, 0.6) is 0 Å². The van der Waals surface area contributed by atoms with E-state index in [1.807, 2.05) is 0 Å². The fraction of sp³-hybridized carbons (Fsp3) is 0. The van der Waals surface area contributed by atoms with Crippen molar-refractivity contribution in [3.05, 3.63) is 35.0 Å². The lowest BCUT2D eigenvalue weighted by molar-refractivity contribution is 0.0685. The maximum absolute atomic E-state index is 13.3. The molecule has 2 aromatic rings. The van der Waals surface area contributed by atoms with E-state index in [-0.39, 0.29) is 23.5 Å². The maximum atomic E-state index is 13.3. The van der Waals surface area contributed by atoms with Crippen LogP contribution in [0.4, 0.5) is 4.39 Å². The Morgan fingerprint density at radius 3 is 2.69 bits per heavy atom. The van der Waals surface area contributed by atoms with Crippen molar-refractivity contribution in [2.45, 2.75) is 0 Å². The zero-order valence-corrected chi connectivity index (χ0v) is 9.22. The van der Waals surface area contributed by atoms with Crippen molar-refractivity contribution in [3.8, 4) is 0 Å². The lowest BCUT2D eigenvalue weighted by Crippen LogP contribution is -2.00. The lowest BCUT2D eigenvalue weighted by atomic mass is 10.5. The van der Waals surface area contributed by atoms with E-state index >= 15 is 0 Å². The average molecular weight is 269 g/mol. The maximum Gasteiger partial charge on any atom is 0.359 e. The van der Waals surface area contributed by atoms with E-state index in [0.717, 1.165) is 4.40 Å². The number of imidazole rings is 1. The Labute approximate surface area is 100 Å². The van der Waals surface area contributed by atoms with Crippen LogP contribution < -0.4 is 0 Å². The number of rotatable bonds is 1. The third-order valence-electron chi connectivity index (χ3n) is 1.73. The second-order valence-electron chi connectivity index (χ2n) is 2.63. The molecule has 0 saturated heterocycles. The number of carboxylic acids is 1. The molecular formula is C8H7Cl2FN2O3. The van der Waals surface area contributed by atoms with E-state index in [1.54, 1.807) is 0 Å². The Morgan fingerprint density at radius 2 is 2.12 bits per heavy atom. The Bertz CT molecular complexity index is 529. The van der Waals surface area contributed by atoms with Crippen LogP contribution in [0.25, 0.3) is 5.65 Å². The van der Waals surface area contributed by atoms with Gasteiger partial charge in [0.1, 0.15) is 5.65 Å². The Morgan fingerprint density at radius 1 is 1.50 bits per heavy atom. The summed E-state index contributed by atoms with van der Waals surface area (Å²) in [5.41, 5.74) is -0.392. The zero-order chi connectivity index (χ0) is 10.3. The number of hydrogen-bond donors (Lipinski definition) is 1. The predicted molar refractivity (Wildman–Crippen MR) is 58.0 cm³/mol. The first-order valence-electron chi connectivity index (χ1n) is 3.66. The number of aromatic nitrogens is 2. The molecule has 0 aliphatic heterocycles. The molecule has 5 nitrogen and oxygen atoms in total. The number of hydrogen-bond acceptors (Lipinski definition) is 2. The molecule has 8 heteroatoms. The summed E-state index contributed by atoms with van der Waals surface area (Å²) in [6.07, 6.45) is 1.27. The van der Waals surface area contributed by atoms with Gasteiger partial charge in [0.15, 0.2) is 0 Å². The van der Waals surface area contributed by atoms with Gasteiger partial charge in [-0.15, -0.1) is 12.4 Å². The summed E-state index contributed by atoms with van der Waals surface area (Å²) < 4.78 is 14.3. The highest BCUT2D eigenvalue weighted by Gasteiger charge is 2.17. The van der Waals surface area contributed by atoms with Crippen molar-refractivity contribution >= 4 is 35.6 Å². The normalized spacial score (nSPS) is 9.38. The average Bonchev–Trinajstić information content (AvgIpc) is 2.44. The highest BCUT2D eigenvalue weighted by molar-refractivity contribution is 6.30. The van der Waals surface area contributed by atoms with Crippen molar-refractivity contribution in [1.82, 2.24) is 9.38 Å². The molecular weight excluding hydrogens is 262 g/mol. The van der Waals surface area contributed by atoms with Crippen LogP contribution in [0.1, 0.15) is 10.5 Å². The molecule has 16 heavy (non-hydrogen) atoms. The molecule has 2 heterocycles. The Balaban J connectivity index is 0.00000112. The molecule has 0 saturated carbocycles. The zero-order valence-electron chi connectivity index (χ0n) is 7.65. The van der Waals surface area contributed by atoms with Gasteiger partial charge in [-0.25, -0.2) is 9.78 Å². The van der Waals surface area contributed by atoms with Gasteiger partial charge in [0.25, 0.3) is 0 Å². The highest BCUT2D eigenvalue weighted by atomic mass is 35.5. The van der Waals surface area contributed by atoms with Crippen molar-refractivity contribution in [3.63, 3.8) is 0 Å². The SMILES string of the molecule is Cl.O.O=C(O)c1nc2ccc(Cl)cn2c1F. The van der Waals surface area contributed by atoms with E-state index < -0.39 is 17.6 Å². The Hall–Kier alpha value is -1.37. The van der Waals surface area contributed by atoms with Gasteiger partial charge in [-0.05, 0) is 12.1 Å². The first-order chi connectivity index (χ1) is 6.59. The molecule has 0 unspecified atom stereocenters. The summed E-state index contributed by atoms with van der Waals surface area (Å²) in [7, 11) is 0. The number of carbonyl (C=O) groups is 1. The van der Waals surface area contributed by atoms with Gasteiger partial charge in [0, 0.05) is 6.20 Å². The van der Waals surface area contributed by atoms with Crippen molar-refractivity contribution < 1.29 is 19.8 Å². The Kier molecular flexibility index (Phi) is 4.67. The van der Waals surface area contributed by atoms with Gasteiger partial charge in [0.2, 0.25) is 11.6 Å². The van der Waals surface area contributed by atoms with E-state index in [1.165, 1.54) is 18.3 Å². The quantitative estimate of drug-likeness (QED) is 0.849. The molecule has 2 aromatic heterocycles. The number of halogens is 3. The van der Waals surface area contributed by atoms with Crippen LogP contribution in [-0.4, -0.2) is 25.9 Å². The number of pyridine rings is 1. The second kappa shape index (κ2) is 5.11. The molecule has 0 aliphatic carbocycles. The van der Waals surface area contributed by atoms with Gasteiger partial charge < -0.3 is 10.6 Å². The number of fused-ring (bicyclic) bond motifs is 1. The first-order valence-corrected chi connectivity index (χ1v) is 4.04. The van der Waals surface area contributed by atoms with E-state index in [9.17, 15) is 9.18 Å². The molecule has 0 spiro atoms. The largest absolute Gasteiger partial charge is 0.476 e. The smallest absolute Gasteiger partial charge is 0.359 e. The first kappa shape index (κ1) is 14.6. The summed E-state index contributed by atoms with van der Waals surface area (Å²) in [6.45, 7) is 0. The summed E-state index contributed by atoms with van der Waals surface area (Å²) in [5.74, 6) is -2.32. The molecule has 0 amide bonds. The van der Waals surface area contributed by atoms with Crippen molar-refractivity contribution in [1.29, 1.82) is 0 Å². The molecule has 0 radical (unpaired) electrons. The van der Waals surface area contributed by atoms with Crippen LogP contribution >= 0.6 is 24.0 Å². The van der Waals surface area contributed by atoms with Gasteiger partial charge in [0.05, 0.1) is 5.02 Å². The van der Waals surface area contributed by atoms with E-state index in [2.05, 4.69) is 4.98 Å². The lowest BCUT2D eigenvalue weighted by Gasteiger charge is -1.93. The highest BCUT2D eigenvalue weighted by Crippen LogP contribution is 2.15. The number of aromatic carboxylic acids is 1. The summed E-state index contributed by atoms with van der Waals surface area (Å²) >= 11 is 5.62. The molecule has 0 aromatic carbocycles. The monoisotopic (exact) mass is 268 g/mol. The minimum atomic E-state index is -1.40. The van der Waals surface area contributed by atoms with Gasteiger partial charge in [-0.2, -0.15) is 4.39 Å². The third kappa shape index (κ3) is 2.24. The molecule has 88 valence electrons. The molecule has 0 bridgehead atoms. The van der Waals surface area contributed by atoms with E-state index in [4.69, 9.17) is 16.7 Å². The number of nitrogens with zero attached hydrogens (tertiary/aromatic N) is 2. The molecule has 0 fully saturated rings. The molecule has 0 atom stereocenters. The minimum Gasteiger partial charge on any atom is -0.476 e. The second-order valence-corrected chi connectivity index (χ2v) is 3.07. The third-order valence-corrected chi connectivity index (χ3v) is 1.95. The minimum absolute atomic E-state index is 0. The molecule has 2 rings (SSSR count). The molecule has 3 N–H and O–H groups in total. The van der Waals surface area contributed by atoms with Gasteiger partial charge >= 0.3 is 5.97 Å². The fourth-order valence-corrected chi connectivity index (χ4v) is 1.29. The summed E-state index contributed by atoms with van der Waals surface area (Å²) in [5, 5.41) is 8.90. The van der Waals surface area contributed by atoms with Crippen LogP contribution in [0.3, 0.4) is 0 Å². The topological polar surface area (TPSA) is 86.1 Å².